The van der Waals surface area contributed by atoms with Crippen molar-refractivity contribution >= 4 is 11.7 Å². The fourth-order valence-electron chi connectivity index (χ4n) is 8.51. The summed E-state index contributed by atoms with van der Waals surface area (Å²) in [6.07, 6.45) is 11.3. The van der Waals surface area contributed by atoms with Gasteiger partial charge in [-0.2, -0.15) is 0 Å². The number of piperidine rings is 1. The Hall–Kier alpha value is -2.64. The fourth-order valence-corrected chi connectivity index (χ4v) is 8.51. The number of allylic oxidation sites excluding steroid dienone is 4. The molecule has 1 amide bonds. The summed E-state index contributed by atoms with van der Waals surface area (Å²) >= 11 is 0. The molecule has 0 radical (unpaired) electrons. The standard InChI is InChI=1S/C33H39NO3/c1-3-16-33(37)17-15-29-27-13-11-24-20-25(35)12-14-26(24)30(27)28(21-32(29,33)2)22-7-9-23(10-8-22)31(36)34-18-5-4-6-19-34/h7-10,20,27-29,37H,4-6,11-15,17-19,21H2,1-2H3. The zero-order valence-corrected chi connectivity index (χ0v) is 22.3. The van der Waals surface area contributed by atoms with Crippen molar-refractivity contribution in [3.05, 3.63) is 58.2 Å². The molecule has 0 bridgehead atoms. The first-order valence-electron chi connectivity index (χ1n) is 14.4. The summed E-state index contributed by atoms with van der Waals surface area (Å²) in [7, 11) is 0. The molecule has 1 N–H and O–H groups in total. The molecular formula is C33H39NO3. The minimum atomic E-state index is -0.969. The van der Waals surface area contributed by atoms with E-state index >= 15 is 0 Å². The number of rotatable bonds is 2. The van der Waals surface area contributed by atoms with E-state index in [0.29, 0.717) is 18.3 Å². The van der Waals surface area contributed by atoms with E-state index in [4.69, 9.17) is 0 Å². The van der Waals surface area contributed by atoms with Gasteiger partial charge in [-0.3, -0.25) is 9.59 Å². The number of hydrogen-bond acceptors (Lipinski definition) is 3. The lowest BCUT2D eigenvalue weighted by molar-refractivity contribution is -0.114. The van der Waals surface area contributed by atoms with Crippen molar-refractivity contribution in [3.8, 4) is 11.8 Å². The summed E-state index contributed by atoms with van der Waals surface area (Å²) in [6.45, 7) is 5.81. The third-order valence-corrected chi connectivity index (χ3v) is 10.4. The Kier molecular flexibility index (Phi) is 6.19. The molecule has 3 fully saturated rings. The van der Waals surface area contributed by atoms with E-state index < -0.39 is 5.60 Å². The van der Waals surface area contributed by atoms with Crippen molar-refractivity contribution in [1.29, 1.82) is 0 Å². The Balaban J connectivity index is 1.41. The maximum atomic E-state index is 13.1. The third-order valence-electron chi connectivity index (χ3n) is 10.4. The van der Waals surface area contributed by atoms with Crippen LogP contribution in [0.5, 0.6) is 0 Å². The van der Waals surface area contributed by atoms with E-state index in [1.165, 1.54) is 28.7 Å². The Morgan fingerprint density at radius 1 is 1.05 bits per heavy atom. The average Bonchev–Trinajstić information content (AvgIpc) is 3.18. The van der Waals surface area contributed by atoms with Crippen molar-refractivity contribution in [3.63, 3.8) is 0 Å². The summed E-state index contributed by atoms with van der Waals surface area (Å²) in [6, 6.07) is 8.33. The number of fused-ring (bicyclic) bond motifs is 4. The summed E-state index contributed by atoms with van der Waals surface area (Å²) in [5.74, 6) is 7.64. The minimum Gasteiger partial charge on any atom is -0.377 e. The molecule has 1 saturated heterocycles. The maximum Gasteiger partial charge on any atom is 0.253 e. The normalized spacial score (nSPS) is 35.1. The van der Waals surface area contributed by atoms with Crippen LogP contribution in [0.4, 0.5) is 0 Å². The third kappa shape index (κ3) is 3.93. The van der Waals surface area contributed by atoms with E-state index in [1.807, 2.05) is 30.0 Å². The molecule has 194 valence electrons. The van der Waals surface area contributed by atoms with Gasteiger partial charge in [0.1, 0.15) is 5.60 Å². The Morgan fingerprint density at radius 3 is 2.54 bits per heavy atom. The van der Waals surface area contributed by atoms with E-state index in [2.05, 4.69) is 30.9 Å². The molecule has 1 heterocycles. The topological polar surface area (TPSA) is 57.6 Å². The molecule has 6 rings (SSSR count). The molecule has 5 aliphatic rings. The maximum absolute atomic E-state index is 13.1. The van der Waals surface area contributed by atoms with Crippen molar-refractivity contribution in [2.45, 2.75) is 89.6 Å². The predicted molar refractivity (Wildman–Crippen MR) is 145 cm³/mol. The Labute approximate surface area is 221 Å². The van der Waals surface area contributed by atoms with Crippen LogP contribution in [0.25, 0.3) is 0 Å². The van der Waals surface area contributed by atoms with E-state index in [9.17, 15) is 14.7 Å². The summed E-state index contributed by atoms with van der Waals surface area (Å²) in [5.41, 5.74) is 4.90. The van der Waals surface area contributed by atoms with Crippen LogP contribution in [-0.4, -0.2) is 40.4 Å². The van der Waals surface area contributed by atoms with Gasteiger partial charge in [0.2, 0.25) is 0 Å². The molecule has 0 spiro atoms. The van der Waals surface area contributed by atoms with Gasteiger partial charge in [0, 0.05) is 36.4 Å². The van der Waals surface area contributed by atoms with Crippen LogP contribution in [0.1, 0.15) is 99.9 Å². The van der Waals surface area contributed by atoms with Crippen molar-refractivity contribution in [1.82, 2.24) is 4.90 Å². The van der Waals surface area contributed by atoms with Crippen LogP contribution in [0.15, 0.2) is 47.1 Å². The van der Waals surface area contributed by atoms with Crippen LogP contribution in [0.2, 0.25) is 0 Å². The zero-order chi connectivity index (χ0) is 25.8. The van der Waals surface area contributed by atoms with Gasteiger partial charge in [0.25, 0.3) is 5.91 Å². The van der Waals surface area contributed by atoms with Gasteiger partial charge in [0.15, 0.2) is 5.78 Å². The Bertz CT molecular complexity index is 1240. The average molecular weight is 498 g/mol. The number of carbonyl (C=O) groups excluding carboxylic acids is 2. The largest absolute Gasteiger partial charge is 0.377 e. The second-order valence-corrected chi connectivity index (χ2v) is 12.2. The van der Waals surface area contributed by atoms with Crippen LogP contribution < -0.4 is 0 Å². The van der Waals surface area contributed by atoms with Gasteiger partial charge in [-0.1, -0.05) is 30.6 Å². The number of benzene rings is 1. The second kappa shape index (κ2) is 9.28. The van der Waals surface area contributed by atoms with E-state index in [-0.39, 0.29) is 23.0 Å². The highest BCUT2D eigenvalue weighted by Crippen LogP contribution is 2.66. The number of nitrogens with zero attached hydrogens (tertiary/aromatic N) is 1. The number of aliphatic hydroxyl groups is 1. The van der Waals surface area contributed by atoms with Crippen molar-refractivity contribution in [2.24, 2.45) is 17.3 Å². The fraction of sp³-hybridized carbons (Fsp3) is 0.576. The molecule has 4 heteroatoms. The van der Waals surface area contributed by atoms with Crippen molar-refractivity contribution in [2.75, 3.05) is 13.1 Å². The van der Waals surface area contributed by atoms with Crippen LogP contribution in [-0.2, 0) is 4.79 Å². The van der Waals surface area contributed by atoms with Gasteiger partial charge in [0.05, 0.1) is 0 Å². The van der Waals surface area contributed by atoms with Crippen LogP contribution >= 0.6 is 0 Å². The van der Waals surface area contributed by atoms with E-state index in [0.717, 1.165) is 70.0 Å². The molecule has 37 heavy (non-hydrogen) atoms. The molecule has 5 atom stereocenters. The lowest BCUT2D eigenvalue weighted by atomic mass is 9.51. The second-order valence-electron chi connectivity index (χ2n) is 12.2. The molecule has 5 unspecified atom stereocenters. The number of ketones is 1. The van der Waals surface area contributed by atoms with Gasteiger partial charge in [-0.25, -0.2) is 0 Å². The molecule has 4 aliphatic carbocycles. The van der Waals surface area contributed by atoms with Gasteiger partial charge < -0.3 is 10.0 Å². The first-order chi connectivity index (χ1) is 17.8. The Morgan fingerprint density at radius 2 is 1.81 bits per heavy atom. The number of hydrogen-bond donors (Lipinski definition) is 1. The smallest absolute Gasteiger partial charge is 0.253 e. The van der Waals surface area contributed by atoms with Gasteiger partial charge in [-0.05, 0) is 111 Å². The monoisotopic (exact) mass is 497 g/mol. The molecule has 1 aliphatic heterocycles. The van der Waals surface area contributed by atoms with Crippen LogP contribution in [0.3, 0.4) is 0 Å². The lowest BCUT2D eigenvalue weighted by Gasteiger charge is -2.53. The highest BCUT2D eigenvalue weighted by molar-refractivity contribution is 5.94. The first kappa shape index (κ1) is 24.7. The molecule has 4 nitrogen and oxygen atoms in total. The predicted octanol–water partition coefficient (Wildman–Crippen LogP) is 5.97. The number of amides is 1. The molecule has 1 aromatic carbocycles. The number of likely N-dealkylation sites (tertiary alicyclic amines) is 1. The quantitative estimate of drug-likeness (QED) is 0.513. The van der Waals surface area contributed by atoms with Gasteiger partial charge in [-0.15, -0.1) is 5.92 Å². The van der Waals surface area contributed by atoms with Crippen LogP contribution in [0, 0.1) is 29.1 Å². The molecular weight excluding hydrogens is 458 g/mol. The SMILES string of the molecule is CC#CC1(O)CCC2C3CCC4=CC(=O)CCC4=C3C(c3ccc(C(=O)N4CCCCC4)cc3)CC21C. The number of carbonyl (C=O) groups is 2. The van der Waals surface area contributed by atoms with Gasteiger partial charge >= 0.3 is 0 Å². The highest BCUT2D eigenvalue weighted by atomic mass is 16.3. The zero-order valence-electron chi connectivity index (χ0n) is 22.3. The highest BCUT2D eigenvalue weighted by Gasteiger charge is 2.62. The molecule has 1 aromatic rings. The summed E-state index contributed by atoms with van der Waals surface area (Å²) in [5, 5.41) is 11.8. The first-order valence-corrected chi connectivity index (χ1v) is 14.4. The minimum absolute atomic E-state index is 0.138. The molecule has 0 aromatic heterocycles. The summed E-state index contributed by atoms with van der Waals surface area (Å²) in [4.78, 5) is 27.4. The summed E-state index contributed by atoms with van der Waals surface area (Å²) < 4.78 is 0. The molecule has 2 saturated carbocycles. The van der Waals surface area contributed by atoms with E-state index in [1.54, 1.807) is 0 Å². The van der Waals surface area contributed by atoms with Crippen molar-refractivity contribution < 1.29 is 14.7 Å². The lowest BCUT2D eigenvalue weighted by Crippen LogP contribution is -2.51.